The molecule has 3 rings (SSSR count). The lowest BCUT2D eigenvalue weighted by Gasteiger charge is -2.08. The first-order valence-corrected chi connectivity index (χ1v) is 6.90. The van der Waals surface area contributed by atoms with Crippen molar-refractivity contribution in [2.45, 2.75) is 6.42 Å². The zero-order chi connectivity index (χ0) is 15.4. The summed E-state index contributed by atoms with van der Waals surface area (Å²) in [5, 5.41) is 5.85. The Morgan fingerprint density at radius 1 is 1.05 bits per heavy atom. The molecule has 0 aliphatic carbocycles. The van der Waals surface area contributed by atoms with Gasteiger partial charge in [-0.15, -0.1) is 0 Å². The second-order valence-electron chi connectivity index (χ2n) is 4.80. The fourth-order valence-electron chi connectivity index (χ4n) is 2.08. The summed E-state index contributed by atoms with van der Waals surface area (Å²) in [7, 11) is 0. The van der Waals surface area contributed by atoms with E-state index in [1.807, 2.05) is 18.2 Å². The van der Waals surface area contributed by atoms with Crippen molar-refractivity contribution < 1.29 is 18.7 Å². The van der Waals surface area contributed by atoms with Gasteiger partial charge in [-0.25, -0.2) is 4.39 Å². The molecule has 0 saturated carbocycles. The zero-order valence-electron chi connectivity index (χ0n) is 11.8. The van der Waals surface area contributed by atoms with Gasteiger partial charge in [-0.2, -0.15) is 0 Å². The van der Waals surface area contributed by atoms with Crippen molar-refractivity contribution in [2.24, 2.45) is 0 Å². The molecule has 0 atom stereocenters. The molecule has 0 fully saturated rings. The minimum Gasteiger partial charge on any atom is -0.454 e. The van der Waals surface area contributed by atoms with E-state index >= 15 is 0 Å². The summed E-state index contributed by atoms with van der Waals surface area (Å²) in [4.78, 5) is 11.8. The van der Waals surface area contributed by atoms with Crippen LogP contribution in [0, 0.1) is 5.82 Å². The zero-order valence-corrected chi connectivity index (χ0v) is 11.8. The van der Waals surface area contributed by atoms with Crippen molar-refractivity contribution in [2.75, 3.05) is 24.0 Å². The van der Waals surface area contributed by atoms with Gasteiger partial charge >= 0.3 is 0 Å². The lowest BCUT2D eigenvalue weighted by molar-refractivity contribution is -0.115. The van der Waals surface area contributed by atoms with E-state index in [1.165, 1.54) is 24.3 Å². The lowest BCUT2D eigenvalue weighted by atomic mass is 10.2. The van der Waals surface area contributed by atoms with Gasteiger partial charge in [-0.05, 0) is 36.4 Å². The van der Waals surface area contributed by atoms with Crippen LogP contribution >= 0.6 is 0 Å². The van der Waals surface area contributed by atoms with E-state index in [4.69, 9.17) is 9.47 Å². The van der Waals surface area contributed by atoms with Crippen LogP contribution in [0.25, 0.3) is 0 Å². The van der Waals surface area contributed by atoms with Crippen LogP contribution in [0.5, 0.6) is 11.5 Å². The molecule has 0 saturated heterocycles. The molecule has 2 N–H and O–H groups in total. The predicted molar refractivity (Wildman–Crippen MR) is 80.7 cm³/mol. The normalized spacial score (nSPS) is 12.0. The number of rotatable bonds is 5. The Morgan fingerprint density at radius 2 is 1.77 bits per heavy atom. The van der Waals surface area contributed by atoms with Gasteiger partial charge in [0.2, 0.25) is 12.7 Å². The number of halogens is 1. The highest BCUT2D eigenvalue weighted by atomic mass is 19.1. The Hall–Kier alpha value is -2.76. The number of carbonyl (C=O) groups excluding carboxylic acids is 1. The fraction of sp³-hybridized carbons (Fsp3) is 0.188. The molecule has 0 bridgehead atoms. The monoisotopic (exact) mass is 302 g/mol. The van der Waals surface area contributed by atoms with Gasteiger partial charge in [0.25, 0.3) is 0 Å². The second-order valence-corrected chi connectivity index (χ2v) is 4.80. The van der Waals surface area contributed by atoms with E-state index in [1.54, 1.807) is 0 Å². The first-order valence-electron chi connectivity index (χ1n) is 6.90. The van der Waals surface area contributed by atoms with Crippen LogP contribution in [0.3, 0.4) is 0 Å². The predicted octanol–water partition coefficient (Wildman–Crippen LogP) is 3.00. The summed E-state index contributed by atoms with van der Waals surface area (Å²) in [6, 6.07) is 11.2. The van der Waals surface area contributed by atoms with Crippen molar-refractivity contribution in [3.05, 3.63) is 48.3 Å². The van der Waals surface area contributed by atoms with Crippen LogP contribution in [-0.4, -0.2) is 19.2 Å². The largest absolute Gasteiger partial charge is 0.454 e. The molecule has 0 unspecified atom stereocenters. The molecule has 0 aromatic heterocycles. The van der Waals surface area contributed by atoms with Gasteiger partial charge in [0, 0.05) is 30.4 Å². The molecule has 114 valence electrons. The molecule has 1 aliphatic heterocycles. The minimum absolute atomic E-state index is 0.139. The summed E-state index contributed by atoms with van der Waals surface area (Å²) in [6.07, 6.45) is 0.297. The Labute approximate surface area is 127 Å². The number of ether oxygens (including phenoxy) is 2. The van der Waals surface area contributed by atoms with Crippen molar-refractivity contribution in [3.8, 4) is 11.5 Å². The molecular formula is C16H15FN2O3. The van der Waals surface area contributed by atoms with Crippen molar-refractivity contribution in [1.29, 1.82) is 0 Å². The average molecular weight is 302 g/mol. The summed E-state index contributed by atoms with van der Waals surface area (Å²) >= 11 is 0. The summed E-state index contributed by atoms with van der Waals surface area (Å²) in [5.74, 6) is 0.947. The van der Waals surface area contributed by atoms with Crippen LogP contribution in [-0.2, 0) is 4.79 Å². The molecule has 1 aliphatic rings. The number of fused-ring (bicyclic) bond motifs is 1. The fourth-order valence-corrected chi connectivity index (χ4v) is 2.08. The first kappa shape index (κ1) is 14.2. The van der Waals surface area contributed by atoms with Crippen LogP contribution in [0.15, 0.2) is 42.5 Å². The summed E-state index contributed by atoms with van der Waals surface area (Å²) in [6.45, 7) is 0.714. The highest BCUT2D eigenvalue weighted by molar-refractivity contribution is 5.90. The highest BCUT2D eigenvalue weighted by Gasteiger charge is 2.13. The number of carbonyl (C=O) groups is 1. The van der Waals surface area contributed by atoms with E-state index in [9.17, 15) is 9.18 Å². The molecule has 0 spiro atoms. The number of amides is 1. The standard InChI is InChI=1S/C16H15FN2O3/c17-11-1-3-12(4-2-11)19-16(20)7-8-18-13-5-6-14-15(9-13)22-10-21-14/h1-6,9,18H,7-8,10H2,(H,19,20). The van der Waals surface area contributed by atoms with Crippen LogP contribution < -0.4 is 20.1 Å². The van der Waals surface area contributed by atoms with Crippen LogP contribution in [0.4, 0.5) is 15.8 Å². The molecule has 5 nitrogen and oxygen atoms in total. The maximum atomic E-state index is 12.8. The van der Waals surface area contributed by atoms with Crippen molar-refractivity contribution in [1.82, 2.24) is 0 Å². The van der Waals surface area contributed by atoms with Crippen molar-refractivity contribution >= 4 is 17.3 Å². The molecule has 6 heteroatoms. The Morgan fingerprint density at radius 3 is 2.59 bits per heavy atom. The molecule has 0 radical (unpaired) electrons. The van der Waals surface area contributed by atoms with Gasteiger partial charge in [0.15, 0.2) is 11.5 Å². The number of hydrogen-bond acceptors (Lipinski definition) is 4. The molecule has 1 amide bonds. The van der Waals surface area contributed by atoms with Gasteiger partial charge < -0.3 is 20.1 Å². The Balaban J connectivity index is 1.46. The molecule has 22 heavy (non-hydrogen) atoms. The first-order chi connectivity index (χ1) is 10.7. The number of anilines is 2. The van der Waals surface area contributed by atoms with Crippen LogP contribution in [0.2, 0.25) is 0 Å². The van der Waals surface area contributed by atoms with Gasteiger partial charge in [-0.3, -0.25) is 4.79 Å². The number of benzene rings is 2. The molecule has 2 aromatic rings. The van der Waals surface area contributed by atoms with Gasteiger partial charge in [-0.1, -0.05) is 0 Å². The lowest BCUT2D eigenvalue weighted by Crippen LogP contribution is -2.16. The summed E-state index contributed by atoms with van der Waals surface area (Å²) < 4.78 is 23.3. The Kier molecular flexibility index (Phi) is 4.09. The van der Waals surface area contributed by atoms with E-state index < -0.39 is 0 Å². The van der Waals surface area contributed by atoms with Gasteiger partial charge in [0.1, 0.15) is 5.82 Å². The Bertz CT molecular complexity index is 674. The average Bonchev–Trinajstić information content (AvgIpc) is 2.97. The maximum Gasteiger partial charge on any atom is 0.231 e. The van der Waals surface area contributed by atoms with Gasteiger partial charge in [0.05, 0.1) is 0 Å². The maximum absolute atomic E-state index is 12.8. The third-order valence-electron chi connectivity index (χ3n) is 3.18. The topological polar surface area (TPSA) is 59.6 Å². The minimum atomic E-state index is -0.331. The highest BCUT2D eigenvalue weighted by Crippen LogP contribution is 2.34. The van der Waals surface area contributed by atoms with E-state index in [0.29, 0.717) is 24.4 Å². The quantitative estimate of drug-likeness (QED) is 0.891. The van der Waals surface area contributed by atoms with E-state index in [-0.39, 0.29) is 18.5 Å². The molecule has 2 aromatic carbocycles. The van der Waals surface area contributed by atoms with E-state index in [0.717, 1.165) is 11.4 Å². The summed E-state index contributed by atoms with van der Waals surface area (Å²) in [5.41, 5.74) is 1.44. The number of hydrogen-bond donors (Lipinski definition) is 2. The third-order valence-corrected chi connectivity index (χ3v) is 3.18. The SMILES string of the molecule is O=C(CCNc1ccc2c(c1)OCO2)Nc1ccc(F)cc1. The van der Waals surface area contributed by atoms with E-state index in [2.05, 4.69) is 10.6 Å². The third kappa shape index (κ3) is 3.46. The number of nitrogens with one attached hydrogen (secondary N) is 2. The molecule has 1 heterocycles. The second kappa shape index (κ2) is 6.34. The molecular weight excluding hydrogens is 287 g/mol. The smallest absolute Gasteiger partial charge is 0.231 e. The van der Waals surface area contributed by atoms with Crippen molar-refractivity contribution in [3.63, 3.8) is 0 Å². The van der Waals surface area contributed by atoms with Crippen LogP contribution in [0.1, 0.15) is 6.42 Å².